The van der Waals surface area contributed by atoms with Crippen LogP contribution < -0.4 is 0 Å². The van der Waals surface area contributed by atoms with Crippen LogP contribution in [0.4, 0.5) is 0 Å². The maximum Gasteiger partial charge on any atom is 0.223 e. The first-order chi connectivity index (χ1) is 6.16. The van der Waals surface area contributed by atoms with Gasteiger partial charge in [-0.3, -0.25) is 4.55 Å². The predicted molar refractivity (Wildman–Crippen MR) is 53.0 cm³/mol. The monoisotopic (exact) mass is 260 g/mol. The lowest BCUT2D eigenvalue weighted by atomic mass is 10.3. The van der Waals surface area contributed by atoms with Crippen molar-refractivity contribution >= 4 is 38.0 Å². The Labute approximate surface area is 85.2 Å². The normalized spacial score (nSPS) is 13.4. The highest BCUT2D eigenvalue weighted by Crippen LogP contribution is 2.24. The SMILES string of the molecule is O=S(O)c1cc2ccc(Br)cc2o1. The molecule has 13 heavy (non-hydrogen) atoms. The van der Waals surface area contributed by atoms with Crippen LogP contribution in [0.25, 0.3) is 11.0 Å². The molecule has 68 valence electrons. The molecular weight excluding hydrogens is 256 g/mol. The van der Waals surface area contributed by atoms with Crippen LogP contribution >= 0.6 is 15.9 Å². The van der Waals surface area contributed by atoms with Crippen LogP contribution in [-0.2, 0) is 11.1 Å². The number of halogens is 1. The van der Waals surface area contributed by atoms with Crippen LogP contribution in [0.15, 0.2) is 38.2 Å². The minimum absolute atomic E-state index is 0.0769. The van der Waals surface area contributed by atoms with Crippen LogP contribution in [0, 0.1) is 0 Å². The molecule has 1 atom stereocenters. The molecule has 0 bridgehead atoms. The summed E-state index contributed by atoms with van der Waals surface area (Å²) in [5, 5.41) is 0.897. The second-order valence-corrected chi connectivity index (χ2v) is 4.31. The third-order valence-corrected chi connectivity index (χ3v) is 2.67. The van der Waals surface area contributed by atoms with E-state index >= 15 is 0 Å². The fraction of sp³-hybridized carbons (Fsp3) is 0. The van der Waals surface area contributed by atoms with Gasteiger partial charge in [0.05, 0.1) is 0 Å². The van der Waals surface area contributed by atoms with Crippen LogP contribution in [0.2, 0.25) is 0 Å². The minimum Gasteiger partial charge on any atom is -0.445 e. The van der Waals surface area contributed by atoms with Gasteiger partial charge in [0.1, 0.15) is 5.58 Å². The lowest BCUT2D eigenvalue weighted by molar-refractivity contribution is 0.469. The summed E-state index contributed by atoms with van der Waals surface area (Å²) < 4.78 is 25.4. The van der Waals surface area contributed by atoms with Gasteiger partial charge in [-0.2, -0.15) is 0 Å². The lowest BCUT2D eigenvalue weighted by Crippen LogP contribution is -1.81. The predicted octanol–water partition coefficient (Wildman–Crippen LogP) is 2.78. The van der Waals surface area contributed by atoms with E-state index in [1.807, 2.05) is 12.1 Å². The van der Waals surface area contributed by atoms with Crippen molar-refractivity contribution in [1.82, 2.24) is 0 Å². The van der Waals surface area contributed by atoms with Gasteiger partial charge >= 0.3 is 0 Å². The molecule has 1 aromatic carbocycles. The van der Waals surface area contributed by atoms with E-state index in [1.54, 1.807) is 12.1 Å². The van der Waals surface area contributed by atoms with E-state index in [1.165, 1.54) is 0 Å². The Morgan fingerprint density at radius 1 is 1.38 bits per heavy atom. The summed E-state index contributed by atoms with van der Waals surface area (Å²) in [5.74, 6) is 0. The van der Waals surface area contributed by atoms with Crippen molar-refractivity contribution < 1.29 is 13.2 Å². The molecule has 1 aromatic heterocycles. The van der Waals surface area contributed by atoms with E-state index in [2.05, 4.69) is 15.9 Å². The van der Waals surface area contributed by atoms with Crippen molar-refractivity contribution in [3.8, 4) is 0 Å². The highest BCUT2D eigenvalue weighted by Gasteiger charge is 2.07. The van der Waals surface area contributed by atoms with Gasteiger partial charge in [-0.05, 0) is 18.2 Å². The van der Waals surface area contributed by atoms with E-state index in [-0.39, 0.29) is 5.09 Å². The third kappa shape index (κ3) is 1.67. The highest BCUT2D eigenvalue weighted by atomic mass is 79.9. The molecule has 1 heterocycles. The zero-order valence-electron chi connectivity index (χ0n) is 6.36. The number of furan rings is 1. The van der Waals surface area contributed by atoms with Crippen molar-refractivity contribution in [2.45, 2.75) is 5.09 Å². The molecule has 0 saturated heterocycles. The number of fused-ring (bicyclic) bond motifs is 1. The van der Waals surface area contributed by atoms with E-state index in [9.17, 15) is 4.21 Å². The van der Waals surface area contributed by atoms with Crippen molar-refractivity contribution in [1.29, 1.82) is 0 Å². The Bertz CT molecular complexity index is 477. The first-order valence-electron chi connectivity index (χ1n) is 3.47. The summed E-state index contributed by atoms with van der Waals surface area (Å²) >= 11 is 1.23. The highest BCUT2D eigenvalue weighted by molar-refractivity contribution is 9.10. The Kier molecular flexibility index (Phi) is 2.23. The summed E-state index contributed by atoms with van der Waals surface area (Å²) in [4.78, 5) is 0. The number of rotatable bonds is 1. The first-order valence-corrected chi connectivity index (χ1v) is 5.37. The Balaban J connectivity index is 2.68. The van der Waals surface area contributed by atoms with Gasteiger partial charge < -0.3 is 4.42 Å². The van der Waals surface area contributed by atoms with Gasteiger partial charge in [-0.1, -0.05) is 15.9 Å². The van der Waals surface area contributed by atoms with Crippen LogP contribution in [0.1, 0.15) is 0 Å². The third-order valence-electron chi connectivity index (χ3n) is 1.63. The fourth-order valence-electron chi connectivity index (χ4n) is 1.07. The van der Waals surface area contributed by atoms with E-state index < -0.39 is 11.1 Å². The molecule has 3 nitrogen and oxygen atoms in total. The first kappa shape index (κ1) is 8.93. The van der Waals surface area contributed by atoms with Gasteiger partial charge in [0.2, 0.25) is 16.2 Å². The van der Waals surface area contributed by atoms with Gasteiger partial charge in [-0.15, -0.1) is 0 Å². The van der Waals surface area contributed by atoms with Gasteiger partial charge in [0.25, 0.3) is 0 Å². The molecule has 5 heteroatoms. The summed E-state index contributed by atoms with van der Waals surface area (Å²) in [6.07, 6.45) is 0. The molecule has 1 unspecified atom stereocenters. The second-order valence-electron chi connectivity index (χ2n) is 2.50. The maximum absolute atomic E-state index is 10.7. The standard InChI is InChI=1S/C8H5BrO3S/c9-6-2-1-5-3-8(13(10)11)12-7(5)4-6/h1-4H,(H,10,11). The zero-order valence-corrected chi connectivity index (χ0v) is 8.76. The zero-order chi connectivity index (χ0) is 9.42. The number of hydrogen-bond acceptors (Lipinski definition) is 2. The smallest absolute Gasteiger partial charge is 0.223 e. The van der Waals surface area contributed by atoms with Crippen LogP contribution in [0.3, 0.4) is 0 Å². The molecule has 2 aromatic rings. The number of benzene rings is 1. The lowest BCUT2D eigenvalue weighted by Gasteiger charge is -1.88. The average molecular weight is 261 g/mol. The van der Waals surface area contributed by atoms with E-state index in [0.717, 1.165) is 9.86 Å². The van der Waals surface area contributed by atoms with Crippen LogP contribution in [-0.4, -0.2) is 8.76 Å². The molecule has 0 saturated carbocycles. The molecular formula is C8H5BrO3S. The van der Waals surface area contributed by atoms with Gasteiger partial charge in [0, 0.05) is 15.9 Å². The van der Waals surface area contributed by atoms with Crippen LogP contribution in [0.5, 0.6) is 0 Å². The Morgan fingerprint density at radius 3 is 2.85 bits per heavy atom. The summed E-state index contributed by atoms with van der Waals surface area (Å²) in [5.41, 5.74) is 0.603. The van der Waals surface area contributed by atoms with E-state index in [0.29, 0.717) is 5.58 Å². The topological polar surface area (TPSA) is 50.4 Å². The molecule has 0 radical (unpaired) electrons. The molecule has 0 amide bonds. The molecule has 2 rings (SSSR count). The fourth-order valence-corrected chi connectivity index (χ4v) is 1.80. The Morgan fingerprint density at radius 2 is 2.15 bits per heavy atom. The Hall–Kier alpha value is -0.650. The van der Waals surface area contributed by atoms with Crippen molar-refractivity contribution in [3.05, 3.63) is 28.7 Å². The summed E-state index contributed by atoms with van der Waals surface area (Å²) in [7, 11) is 0. The molecule has 0 fully saturated rings. The van der Waals surface area contributed by atoms with E-state index in [4.69, 9.17) is 8.97 Å². The van der Waals surface area contributed by atoms with Crippen molar-refractivity contribution in [3.63, 3.8) is 0 Å². The van der Waals surface area contributed by atoms with Crippen molar-refractivity contribution in [2.24, 2.45) is 0 Å². The second kappa shape index (κ2) is 3.25. The maximum atomic E-state index is 10.7. The molecule has 1 N–H and O–H groups in total. The minimum atomic E-state index is -2.05. The molecule has 0 aliphatic rings. The van der Waals surface area contributed by atoms with Gasteiger partial charge in [0.15, 0.2) is 0 Å². The van der Waals surface area contributed by atoms with Crippen molar-refractivity contribution in [2.75, 3.05) is 0 Å². The molecule has 0 aliphatic carbocycles. The average Bonchev–Trinajstić information content (AvgIpc) is 2.46. The number of hydrogen-bond donors (Lipinski definition) is 1. The van der Waals surface area contributed by atoms with Gasteiger partial charge in [-0.25, -0.2) is 4.21 Å². The summed E-state index contributed by atoms with van der Waals surface area (Å²) in [6.45, 7) is 0. The molecule has 0 aliphatic heterocycles. The quantitative estimate of drug-likeness (QED) is 0.803. The largest absolute Gasteiger partial charge is 0.445 e. The summed E-state index contributed by atoms with van der Waals surface area (Å²) in [6, 6.07) is 6.98. The molecule has 0 spiro atoms.